The first-order valence-corrected chi connectivity index (χ1v) is 5.57. The Hall–Kier alpha value is -1.91. The van der Waals surface area contributed by atoms with Crippen molar-refractivity contribution in [2.45, 2.75) is 26.2 Å². The molecule has 2 heterocycles. The van der Waals surface area contributed by atoms with Gasteiger partial charge in [0.25, 0.3) is 0 Å². The van der Waals surface area contributed by atoms with Gasteiger partial charge in [-0.3, -0.25) is 4.40 Å². The molecule has 1 atom stereocenters. The molecule has 0 saturated heterocycles. The summed E-state index contributed by atoms with van der Waals surface area (Å²) in [5.41, 5.74) is 1.21. The largest absolute Gasteiger partial charge is 0.478 e. The summed E-state index contributed by atoms with van der Waals surface area (Å²) in [6, 6.07) is 3.24. The SMILES string of the molecule is CC1(C)CC1c1nnc2ccc(C(=O)O)cn12. The molecule has 0 spiro atoms. The van der Waals surface area contributed by atoms with Crippen LogP contribution in [0.1, 0.15) is 42.4 Å². The van der Waals surface area contributed by atoms with Gasteiger partial charge < -0.3 is 5.11 Å². The first-order chi connectivity index (χ1) is 7.99. The number of pyridine rings is 1. The van der Waals surface area contributed by atoms with Gasteiger partial charge in [-0.1, -0.05) is 13.8 Å². The van der Waals surface area contributed by atoms with Crippen molar-refractivity contribution in [1.82, 2.24) is 14.6 Å². The van der Waals surface area contributed by atoms with Gasteiger partial charge in [0.05, 0.1) is 5.56 Å². The number of aromatic nitrogens is 3. The lowest BCUT2D eigenvalue weighted by Gasteiger charge is -2.02. The molecule has 0 radical (unpaired) electrons. The minimum Gasteiger partial charge on any atom is -0.478 e. The number of hydrogen-bond acceptors (Lipinski definition) is 3. The number of aromatic carboxylic acids is 1. The van der Waals surface area contributed by atoms with E-state index in [9.17, 15) is 4.79 Å². The van der Waals surface area contributed by atoms with E-state index in [1.807, 2.05) is 0 Å². The van der Waals surface area contributed by atoms with Crippen molar-refractivity contribution in [3.63, 3.8) is 0 Å². The molecular formula is C12H13N3O2. The van der Waals surface area contributed by atoms with E-state index < -0.39 is 5.97 Å². The van der Waals surface area contributed by atoms with Crippen LogP contribution < -0.4 is 0 Å². The third kappa shape index (κ3) is 1.50. The predicted octanol–water partition coefficient (Wildman–Crippen LogP) is 1.94. The molecule has 2 aromatic heterocycles. The van der Waals surface area contributed by atoms with E-state index in [1.165, 1.54) is 0 Å². The molecule has 5 nitrogen and oxygen atoms in total. The molecule has 5 heteroatoms. The van der Waals surface area contributed by atoms with Gasteiger partial charge >= 0.3 is 5.97 Å². The molecular weight excluding hydrogens is 218 g/mol. The topological polar surface area (TPSA) is 67.5 Å². The van der Waals surface area contributed by atoms with Crippen LogP contribution in [0.3, 0.4) is 0 Å². The molecule has 1 aliphatic carbocycles. The minimum absolute atomic E-state index is 0.252. The third-order valence-electron chi connectivity index (χ3n) is 3.50. The van der Waals surface area contributed by atoms with Gasteiger partial charge in [-0.2, -0.15) is 0 Å². The van der Waals surface area contributed by atoms with Crippen LogP contribution in [0.15, 0.2) is 18.3 Å². The lowest BCUT2D eigenvalue weighted by Crippen LogP contribution is -2.02. The van der Waals surface area contributed by atoms with Gasteiger partial charge in [0.2, 0.25) is 0 Å². The summed E-state index contributed by atoms with van der Waals surface area (Å²) in [6.07, 6.45) is 2.67. The van der Waals surface area contributed by atoms with E-state index in [0.717, 1.165) is 12.2 Å². The second-order valence-corrected chi connectivity index (χ2v) is 5.25. The molecule has 1 unspecified atom stereocenters. The van der Waals surface area contributed by atoms with E-state index in [0.29, 0.717) is 11.6 Å². The molecule has 0 aromatic carbocycles. The van der Waals surface area contributed by atoms with Crippen molar-refractivity contribution in [2.24, 2.45) is 5.41 Å². The predicted molar refractivity (Wildman–Crippen MR) is 61.1 cm³/mol. The average Bonchev–Trinajstić information content (AvgIpc) is 2.74. The van der Waals surface area contributed by atoms with Crippen molar-refractivity contribution >= 4 is 11.6 Å². The Kier molecular flexibility index (Phi) is 1.85. The maximum Gasteiger partial charge on any atom is 0.337 e. The van der Waals surface area contributed by atoms with Gasteiger partial charge in [0, 0.05) is 12.1 Å². The highest BCUT2D eigenvalue weighted by atomic mass is 16.4. The van der Waals surface area contributed by atoms with Gasteiger partial charge in [0.15, 0.2) is 5.65 Å². The van der Waals surface area contributed by atoms with Crippen LogP contribution in [0.25, 0.3) is 5.65 Å². The van der Waals surface area contributed by atoms with Crippen molar-refractivity contribution in [2.75, 3.05) is 0 Å². The molecule has 2 aromatic rings. The molecule has 17 heavy (non-hydrogen) atoms. The highest BCUT2D eigenvalue weighted by Crippen LogP contribution is 2.57. The number of carboxylic acids is 1. The molecule has 1 aliphatic rings. The van der Waals surface area contributed by atoms with Crippen LogP contribution >= 0.6 is 0 Å². The quantitative estimate of drug-likeness (QED) is 0.857. The molecule has 0 amide bonds. The normalized spacial score (nSPS) is 21.6. The molecule has 0 bridgehead atoms. The lowest BCUT2D eigenvalue weighted by molar-refractivity contribution is 0.0696. The van der Waals surface area contributed by atoms with Crippen LogP contribution in [-0.2, 0) is 0 Å². The fraction of sp³-hybridized carbons (Fsp3) is 0.417. The molecule has 1 N–H and O–H groups in total. The summed E-state index contributed by atoms with van der Waals surface area (Å²) in [4.78, 5) is 10.9. The zero-order valence-corrected chi connectivity index (χ0v) is 9.71. The Morgan fingerprint density at radius 1 is 1.47 bits per heavy atom. The van der Waals surface area contributed by atoms with E-state index in [-0.39, 0.29) is 11.0 Å². The lowest BCUT2D eigenvalue weighted by atomic mass is 10.1. The van der Waals surface area contributed by atoms with E-state index in [1.54, 1.807) is 22.7 Å². The number of hydrogen-bond donors (Lipinski definition) is 1. The molecule has 1 saturated carbocycles. The number of carboxylic acid groups (broad SMARTS) is 1. The van der Waals surface area contributed by atoms with E-state index in [4.69, 9.17) is 5.11 Å². The zero-order chi connectivity index (χ0) is 12.2. The minimum atomic E-state index is -0.929. The van der Waals surface area contributed by atoms with Gasteiger partial charge in [-0.25, -0.2) is 4.79 Å². The summed E-state index contributed by atoms with van der Waals surface area (Å²) in [7, 11) is 0. The van der Waals surface area contributed by atoms with Gasteiger partial charge in [-0.15, -0.1) is 10.2 Å². The fourth-order valence-corrected chi connectivity index (χ4v) is 2.18. The smallest absolute Gasteiger partial charge is 0.337 e. The summed E-state index contributed by atoms with van der Waals surface area (Å²) in [6.45, 7) is 4.36. The average molecular weight is 231 g/mol. The fourth-order valence-electron chi connectivity index (χ4n) is 2.18. The van der Waals surface area contributed by atoms with E-state index in [2.05, 4.69) is 24.0 Å². The second-order valence-electron chi connectivity index (χ2n) is 5.25. The summed E-state index contributed by atoms with van der Waals surface area (Å²) in [5, 5.41) is 17.2. The zero-order valence-electron chi connectivity index (χ0n) is 9.71. The van der Waals surface area contributed by atoms with Crippen LogP contribution in [0.5, 0.6) is 0 Å². The summed E-state index contributed by atoms with van der Waals surface area (Å²) in [5.74, 6) is 0.316. The van der Waals surface area contributed by atoms with Crippen molar-refractivity contribution in [3.8, 4) is 0 Å². The maximum absolute atomic E-state index is 10.9. The highest BCUT2D eigenvalue weighted by Gasteiger charge is 2.49. The number of rotatable bonds is 2. The molecule has 88 valence electrons. The van der Waals surface area contributed by atoms with Gasteiger partial charge in [0.1, 0.15) is 5.82 Å². The van der Waals surface area contributed by atoms with Crippen molar-refractivity contribution < 1.29 is 9.90 Å². The van der Waals surface area contributed by atoms with E-state index >= 15 is 0 Å². The number of fused-ring (bicyclic) bond motifs is 1. The molecule has 3 rings (SSSR count). The van der Waals surface area contributed by atoms with Crippen molar-refractivity contribution in [3.05, 3.63) is 29.7 Å². The van der Waals surface area contributed by atoms with Crippen LogP contribution in [-0.4, -0.2) is 25.7 Å². The summed E-state index contributed by atoms with van der Waals surface area (Å²) >= 11 is 0. The standard InChI is InChI=1S/C12H13N3O2/c1-12(2)5-8(12)10-14-13-9-4-3-7(11(16)17)6-15(9)10/h3-4,6,8H,5H2,1-2H3,(H,16,17). The maximum atomic E-state index is 10.9. The Bertz CT molecular complexity index is 615. The first-order valence-electron chi connectivity index (χ1n) is 5.57. The van der Waals surface area contributed by atoms with Gasteiger partial charge in [-0.05, 0) is 24.0 Å². The Labute approximate surface area is 98.1 Å². The number of nitrogens with zero attached hydrogens (tertiary/aromatic N) is 3. The highest BCUT2D eigenvalue weighted by molar-refractivity contribution is 5.87. The van der Waals surface area contributed by atoms with Crippen LogP contribution in [0.2, 0.25) is 0 Å². The summed E-state index contributed by atoms with van der Waals surface area (Å²) < 4.78 is 1.79. The third-order valence-corrected chi connectivity index (χ3v) is 3.50. The molecule has 1 fully saturated rings. The first kappa shape index (κ1) is 10.3. The van der Waals surface area contributed by atoms with Crippen LogP contribution in [0, 0.1) is 5.41 Å². The second kappa shape index (κ2) is 3.06. The molecule has 0 aliphatic heterocycles. The van der Waals surface area contributed by atoms with Crippen LogP contribution in [0.4, 0.5) is 0 Å². The Balaban J connectivity index is 2.14. The Morgan fingerprint density at radius 2 is 2.18 bits per heavy atom. The Morgan fingerprint density at radius 3 is 2.76 bits per heavy atom. The monoisotopic (exact) mass is 231 g/mol. The number of carbonyl (C=O) groups is 1. The van der Waals surface area contributed by atoms with Crippen molar-refractivity contribution in [1.29, 1.82) is 0 Å².